The Bertz CT molecular complexity index is 412. The van der Waals surface area contributed by atoms with Crippen LogP contribution in [0.4, 0.5) is 4.39 Å². The van der Waals surface area contributed by atoms with Crippen LogP contribution in [0.2, 0.25) is 0 Å². The highest BCUT2D eigenvalue weighted by molar-refractivity contribution is 6.27. The number of rotatable bonds is 5. The number of amides is 2. The van der Waals surface area contributed by atoms with Crippen LogP contribution < -0.4 is 10.6 Å². The smallest absolute Gasteiger partial charge is 0.254 e. The molecule has 0 aromatic heterocycles. The lowest BCUT2D eigenvalue weighted by Gasteiger charge is -2.06. The highest BCUT2D eigenvalue weighted by Crippen LogP contribution is 2.05. The maximum absolute atomic E-state index is 13.2. The van der Waals surface area contributed by atoms with Crippen LogP contribution in [0.25, 0.3) is 0 Å². The van der Waals surface area contributed by atoms with Gasteiger partial charge in [-0.15, -0.1) is 11.6 Å². The third-order valence-electron chi connectivity index (χ3n) is 1.97. The van der Waals surface area contributed by atoms with E-state index < -0.39 is 11.7 Å². The minimum atomic E-state index is -0.574. The fourth-order valence-corrected chi connectivity index (χ4v) is 1.26. The second-order valence-electron chi connectivity index (χ2n) is 3.22. The first-order chi connectivity index (χ1) is 8.15. The number of hydrogen-bond donors (Lipinski definition) is 2. The third kappa shape index (κ3) is 4.40. The zero-order valence-electron chi connectivity index (χ0n) is 9.00. The molecular formula is C11H12ClFN2O2. The van der Waals surface area contributed by atoms with Gasteiger partial charge in [-0.05, 0) is 12.1 Å². The lowest BCUT2D eigenvalue weighted by molar-refractivity contribution is -0.118. The molecule has 0 saturated carbocycles. The summed E-state index contributed by atoms with van der Waals surface area (Å²) in [7, 11) is 0. The summed E-state index contributed by atoms with van der Waals surface area (Å²) in [6.07, 6.45) is 0. The third-order valence-corrected chi connectivity index (χ3v) is 2.22. The Kier molecular flexibility index (Phi) is 5.42. The average Bonchev–Trinajstić information content (AvgIpc) is 2.34. The molecule has 0 bridgehead atoms. The average molecular weight is 259 g/mol. The molecule has 1 rings (SSSR count). The van der Waals surface area contributed by atoms with Gasteiger partial charge in [-0.3, -0.25) is 9.59 Å². The van der Waals surface area contributed by atoms with Crippen molar-refractivity contribution in [3.8, 4) is 0 Å². The van der Waals surface area contributed by atoms with Crippen LogP contribution in [0.15, 0.2) is 24.3 Å². The summed E-state index contributed by atoms with van der Waals surface area (Å²) in [5.74, 6) is -1.52. The van der Waals surface area contributed by atoms with Crippen LogP contribution in [0.5, 0.6) is 0 Å². The molecule has 0 aliphatic heterocycles. The summed E-state index contributed by atoms with van der Waals surface area (Å²) < 4.78 is 13.2. The molecule has 2 N–H and O–H groups in total. The molecule has 0 aliphatic rings. The lowest BCUT2D eigenvalue weighted by atomic mass is 10.2. The second kappa shape index (κ2) is 6.85. The molecular weight excluding hydrogens is 247 g/mol. The van der Waals surface area contributed by atoms with Crippen molar-refractivity contribution < 1.29 is 14.0 Å². The van der Waals surface area contributed by atoms with Crippen LogP contribution in [0, 0.1) is 5.82 Å². The van der Waals surface area contributed by atoms with Gasteiger partial charge in [0.1, 0.15) is 11.7 Å². The standard InChI is InChI=1S/C11H12ClFN2O2/c12-7-10(16)14-5-6-15-11(17)8-3-1-2-4-9(8)13/h1-4H,5-7H2,(H,14,16)(H,15,17). The summed E-state index contributed by atoms with van der Waals surface area (Å²) in [4.78, 5) is 22.3. The van der Waals surface area contributed by atoms with Crippen LogP contribution >= 0.6 is 11.6 Å². The molecule has 0 spiro atoms. The van der Waals surface area contributed by atoms with E-state index in [0.717, 1.165) is 0 Å². The lowest BCUT2D eigenvalue weighted by Crippen LogP contribution is -2.35. The maximum Gasteiger partial charge on any atom is 0.254 e. The molecule has 0 unspecified atom stereocenters. The molecule has 0 atom stereocenters. The minimum absolute atomic E-state index is 0.0174. The molecule has 1 aromatic carbocycles. The van der Waals surface area contributed by atoms with Crippen LogP contribution in [-0.4, -0.2) is 30.8 Å². The van der Waals surface area contributed by atoms with Gasteiger partial charge < -0.3 is 10.6 Å². The van der Waals surface area contributed by atoms with E-state index >= 15 is 0 Å². The van der Waals surface area contributed by atoms with E-state index in [9.17, 15) is 14.0 Å². The van der Waals surface area contributed by atoms with Gasteiger partial charge in [0.05, 0.1) is 5.56 Å². The molecule has 0 radical (unpaired) electrons. The second-order valence-corrected chi connectivity index (χ2v) is 3.49. The summed E-state index contributed by atoms with van der Waals surface area (Å²) in [5, 5.41) is 4.96. The summed E-state index contributed by atoms with van der Waals surface area (Å²) >= 11 is 5.26. The van der Waals surface area contributed by atoms with Gasteiger partial charge in [0.15, 0.2) is 0 Å². The van der Waals surface area contributed by atoms with E-state index in [1.54, 1.807) is 6.07 Å². The molecule has 0 saturated heterocycles. The molecule has 0 aliphatic carbocycles. The molecule has 0 heterocycles. The van der Waals surface area contributed by atoms with Gasteiger partial charge in [0, 0.05) is 13.1 Å². The number of nitrogens with one attached hydrogen (secondary N) is 2. The summed E-state index contributed by atoms with van der Waals surface area (Å²) in [5.41, 5.74) is -0.0174. The first-order valence-corrected chi connectivity index (χ1v) is 5.54. The Balaban J connectivity index is 2.36. The van der Waals surface area contributed by atoms with Crippen molar-refractivity contribution in [2.24, 2.45) is 0 Å². The number of carbonyl (C=O) groups is 2. The van der Waals surface area contributed by atoms with Crippen molar-refractivity contribution in [1.82, 2.24) is 10.6 Å². The quantitative estimate of drug-likeness (QED) is 0.609. The first-order valence-electron chi connectivity index (χ1n) is 5.00. The van der Waals surface area contributed by atoms with Crippen molar-refractivity contribution in [2.45, 2.75) is 0 Å². The van der Waals surface area contributed by atoms with Crippen LogP contribution in [-0.2, 0) is 4.79 Å². The van der Waals surface area contributed by atoms with Crippen molar-refractivity contribution in [1.29, 1.82) is 0 Å². The first kappa shape index (κ1) is 13.4. The fourth-order valence-electron chi connectivity index (χ4n) is 1.17. The normalized spacial score (nSPS) is 9.76. The number of carbonyl (C=O) groups excluding carboxylic acids is 2. The van der Waals surface area contributed by atoms with E-state index in [4.69, 9.17) is 11.6 Å². The van der Waals surface area contributed by atoms with Gasteiger partial charge >= 0.3 is 0 Å². The highest BCUT2D eigenvalue weighted by atomic mass is 35.5. The zero-order valence-corrected chi connectivity index (χ0v) is 9.76. The Hall–Kier alpha value is -1.62. The Morgan fingerprint density at radius 1 is 1.18 bits per heavy atom. The molecule has 4 nitrogen and oxygen atoms in total. The number of alkyl halides is 1. The largest absolute Gasteiger partial charge is 0.353 e. The summed E-state index contributed by atoms with van der Waals surface area (Å²) in [6.45, 7) is 0.474. The minimum Gasteiger partial charge on any atom is -0.353 e. The molecule has 1 aromatic rings. The predicted octanol–water partition coefficient (Wildman–Crippen LogP) is 0.910. The highest BCUT2D eigenvalue weighted by Gasteiger charge is 2.09. The Labute approximate surface area is 103 Å². The SMILES string of the molecule is O=C(CCl)NCCNC(=O)c1ccccc1F. The van der Waals surface area contributed by atoms with E-state index in [1.165, 1.54) is 18.2 Å². The van der Waals surface area contributed by atoms with Crippen LogP contribution in [0.1, 0.15) is 10.4 Å². The van der Waals surface area contributed by atoms with E-state index in [0.29, 0.717) is 0 Å². The van der Waals surface area contributed by atoms with Crippen molar-refractivity contribution in [3.63, 3.8) is 0 Å². The molecule has 2 amide bonds. The van der Waals surface area contributed by atoms with E-state index in [1.807, 2.05) is 0 Å². The predicted molar refractivity (Wildman–Crippen MR) is 62.5 cm³/mol. The fraction of sp³-hybridized carbons (Fsp3) is 0.273. The number of benzene rings is 1. The van der Waals surface area contributed by atoms with Gasteiger partial charge in [-0.25, -0.2) is 4.39 Å². The maximum atomic E-state index is 13.2. The molecule has 17 heavy (non-hydrogen) atoms. The van der Waals surface area contributed by atoms with Crippen molar-refractivity contribution in [2.75, 3.05) is 19.0 Å². The summed E-state index contributed by atoms with van der Waals surface area (Å²) in [6, 6.07) is 5.69. The van der Waals surface area contributed by atoms with Gasteiger partial charge in [-0.1, -0.05) is 12.1 Å². The molecule has 6 heteroatoms. The van der Waals surface area contributed by atoms with Crippen molar-refractivity contribution in [3.05, 3.63) is 35.6 Å². The van der Waals surface area contributed by atoms with Gasteiger partial charge in [0.25, 0.3) is 5.91 Å². The Morgan fingerprint density at radius 3 is 2.47 bits per heavy atom. The zero-order chi connectivity index (χ0) is 12.7. The van der Waals surface area contributed by atoms with Gasteiger partial charge in [0.2, 0.25) is 5.91 Å². The van der Waals surface area contributed by atoms with E-state index in [2.05, 4.69) is 10.6 Å². The van der Waals surface area contributed by atoms with Crippen LogP contribution in [0.3, 0.4) is 0 Å². The molecule has 0 fully saturated rings. The van der Waals surface area contributed by atoms with E-state index in [-0.39, 0.29) is 30.4 Å². The topological polar surface area (TPSA) is 58.2 Å². The number of hydrogen-bond acceptors (Lipinski definition) is 2. The monoisotopic (exact) mass is 258 g/mol. The Morgan fingerprint density at radius 2 is 1.82 bits per heavy atom. The van der Waals surface area contributed by atoms with Crippen molar-refractivity contribution >= 4 is 23.4 Å². The molecule has 92 valence electrons. The number of halogens is 2. The van der Waals surface area contributed by atoms with Gasteiger partial charge in [-0.2, -0.15) is 0 Å².